The second kappa shape index (κ2) is 7.01. The molecule has 0 bridgehead atoms. The summed E-state index contributed by atoms with van der Waals surface area (Å²) < 4.78 is 13.1. The number of Topliss-reactive ketones (excluding diaryl/α,β-unsaturated/α-hetero) is 1. The number of anilines is 1. The molecular formula is C21H16FN3O2S. The van der Waals surface area contributed by atoms with Crippen LogP contribution >= 0.6 is 11.3 Å². The molecule has 2 heterocycles. The van der Waals surface area contributed by atoms with Crippen LogP contribution in [0.4, 0.5) is 10.1 Å². The van der Waals surface area contributed by atoms with Crippen LogP contribution in [0.2, 0.25) is 0 Å². The number of rotatable bonds is 4. The first kappa shape index (κ1) is 18.1. The zero-order valence-electron chi connectivity index (χ0n) is 14.9. The number of hydrogen-bond acceptors (Lipinski definition) is 5. The molecule has 0 unspecified atom stereocenters. The number of benzene rings is 2. The number of amidine groups is 1. The van der Waals surface area contributed by atoms with Crippen LogP contribution in [0.1, 0.15) is 22.3 Å². The van der Waals surface area contributed by atoms with Crippen molar-refractivity contribution >= 4 is 34.2 Å². The van der Waals surface area contributed by atoms with Crippen molar-refractivity contribution in [1.82, 2.24) is 4.98 Å². The first-order valence-corrected chi connectivity index (χ1v) is 9.43. The lowest BCUT2D eigenvalue weighted by molar-refractivity contribution is 0.101. The second-order valence-electron chi connectivity index (χ2n) is 6.41. The summed E-state index contributed by atoms with van der Waals surface area (Å²) in [5, 5.41) is 21.4. The molecule has 0 spiro atoms. The lowest BCUT2D eigenvalue weighted by Gasteiger charge is -2.19. The quantitative estimate of drug-likeness (QED) is 0.617. The number of ketones is 1. The Bertz CT molecular complexity index is 1120. The van der Waals surface area contributed by atoms with E-state index in [1.54, 1.807) is 41.3 Å². The van der Waals surface area contributed by atoms with E-state index < -0.39 is 0 Å². The van der Waals surface area contributed by atoms with Gasteiger partial charge >= 0.3 is 0 Å². The summed E-state index contributed by atoms with van der Waals surface area (Å²) in [6, 6.07) is 13.0. The molecule has 140 valence electrons. The van der Waals surface area contributed by atoms with Gasteiger partial charge in [0.05, 0.1) is 17.8 Å². The van der Waals surface area contributed by atoms with Gasteiger partial charge in [-0.05, 0) is 43.3 Å². The number of aliphatic hydroxyl groups is 1. The molecule has 1 aromatic heterocycles. The molecule has 2 N–H and O–H groups in total. The molecule has 4 rings (SSSR count). The lowest BCUT2D eigenvalue weighted by atomic mass is 10.1. The predicted molar refractivity (Wildman–Crippen MR) is 109 cm³/mol. The fourth-order valence-corrected chi connectivity index (χ4v) is 3.95. The minimum absolute atomic E-state index is 0.0539. The fourth-order valence-electron chi connectivity index (χ4n) is 3.06. The highest BCUT2D eigenvalue weighted by atomic mass is 32.1. The van der Waals surface area contributed by atoms with E-state index in [0.717, 1.165) is 5.56 Å². The third-order valence-corrected chi connectivity index (χ3v) is 5.39. The molecule has 28 heavy (non-hydrogen) atoms. The smallest absolute Gasteiger partial charge is 0.159 e. The predicted octanol–water partition coefficient (Wildman–Crippen LogP) is 4.92. The largest absolute Gasteiger partial charge is 0.510 e. The number of thiazole rings is 1. The zero-order valence-corrected chi connectivity index (χ0v) is 15.8. The molecule has 0 fully saturated rings. The SMILES string of the molecule is CC(=O)c1cccc(N2CC(O)=C(c3nc(-c4ccc(F)cc4)cs3)C2=N)c1. The molecule has 0 radical (unpaired) electrons. The molecule has 1 aliphatic heterocycles. The van der Waals surface area contributed by atoms with Crippen LogP contribution in [0.5, 0.6) is 0 Å². The highest BCUT2D eigenvalue weighted by molar-refractivity contribution is 7.11. The Morgan fingerprint density at radius 2 is 2.00 bits per heavy atom. The summed E-state index contributed by atoms with van der Waals surface area (Å²) in [5.41, 5.74) is 3.00. The topological polar surface area (TPSA) is 77.3 Å². The van der Waals surface area contributed by atoms with E-state index in [1.807, 2.05) is 5.38 Å². The van der Waals surface area contributed by atoms with Crippen molar-refractivity contribution in [2.75, 3.05) is 11.4 Å². The Morgan fingerprint density at radius 3 is 2.71 bits per heavy atom. The molecule has 5 nitrogen and oxygen atoms in total. The Balaban J connectivity index is 1.64. The van der Waals surface area contributed by atoms with Crippen molar-refractivity contribution < 1.29 is 14.3 Å². The summed E-state index contributed by atoms with van der Waals surface area (Å²) in [7, 11) is 0. The summed E-state index contributed by atoms with van der Waals surface area (Å²) in [6.45, 7) is 1.63. The number of aromatic nitrogens is 1. The van der Waals surface area contributed by atoms with Crippen LogP contribution in [0.3, 0.4) is 0 Å². The zero-order chi connectivity index (χ0) is 19.8. The maximum atomic E-state index is 13.1. The van der Waals surface area contributed by atoms with Gasteiger partial charge in [0.2, 0.25) is 0 Å². The van der Waals surface area contributed by atoms with E-state index in [4.69, 9.17) is 5.41 Å². The van der Waals surface area contributed by atoms with E-state index in [2.05, 4.69) is 4.98 Å². The van der Waals surface area contributed by atoms with Gasteiger partial charge in [-0.25, -0.2) is 9.37 Å². The Labute approximate surface area is 164 Å². The maximum Gasteiger partial charge on any atom is 0.159 e. The van der Waals surface area contributed by atoms with Gasteiger partial charge in [-0.15, -0.1) is 11.3 Å². The Hall–Kier alpha value is -3.32. The average Bonchev–Trinajstić information content (AvgIpc) is 3.27. The second-order valence-corrected chi connectivity index (χ2v) is 7.27. The third kappa shape index (κ3) is 3.20. The summed E-state index contributed by atoms with van der Waals surface area (Å²) in [5.74, 6) is -0.203. The van der Waals surface area contributed by atoms with Crippen molar-refractivity contribution in [1.29, 1.82) is 5.41 Å². The molecule has 1 aliphatic rings. The van der Waals surface area contributed by atoms with Crippen molar-refractivity contribution in [3.05, 3.63) is 76.1 Å². The van der Waals surface area contributed by atoms with Gasteiger partial charge in [-0.1, -0.05) is 12.1 Å². The van der Waals surface area contributed by atoms with E-state index in [1.165, 1.54) is 30.4 Å². The van der Waals surface area contributed by atoms with Gasteiger partial charge in [0.15, 0.2) is 5.78 Å². The fraction of sp³-hybridized carbons (Fsp3) is 0.0952. The van der Waals surface area contributed by atoms with Gasteiger partial charge in [0, 0.05) is 22.2 Å². The van der Waals surface area contributed by atoms with Crippen LogP contribution in [-0.4, -0.2) is 28.3 Å². The number of carbonyl (C=O) groups is 1. The van der Waals surface area contributed by atoms with Gasteiger partial charge < -0.3 is 10.0 Å². The average molecular weight is 393 g/mol. The van der Waals surface area contributed by atoms with Crippen molar-refractivity contribution in [3.63, 3.8) is 0 Å². The molecule has 7 heteroatoms. The van der Waals surface area contributed by atoms with E-state index in [-0.39, 0.29) is 29.7 Å². The molecular weight excluding hydrogens is 377 g/mol. The van der Waals surface area contributed by atoms with Crippen molar-refractivity contribution in [2.24, 2.45) is 0 Å². The van der Waals surface area contributed by atoms with Crippen molar-refractivity contribution in [2.45, 2.75) is 6.92 Å². The van der Waals surface area contributed by atoms with Crippen LogP contribution in [-0.2, 0) is 0 Å². The van der Waals surface area contributed by atoms with Crippen LogP contribution < -0.4 is 4.90 Å². The maximum absolute atomic E-state index is 13.1. The van der Waals surface area contributed by atoms with Gasteiger partial charge in [-0.3, -0.25) is 10.2 Å². The van der Waals surface area contributed by atoms with Crippen molar-refractivity contribution in [3.8, 4) is 11.3 Å². The van der Waals surface area contributed by atoms with Crippen LogP contribution in [0.25, 0.3) is 16.8 Å². The standard InChI is InChI=1S/C21H16FN3O2S/c1-12(26)14-3-2-4-16(9-14)25-10-18(27)19(20(25)23)21-24-17(11-28-21)13-5-7-15(22)8-6-13/h2-9,11,23,27H,10H2,1H3. The number of aliphatic hydroxyl groups excluding tert-OH is 1. The van der Waals surface area contributed by atoms with E-state index in [9.17, 15) is 14.3 Å². The number of nitrogens with one attached hydrogen (secondary N) is 1. The molecule has 0 saturated carbocycles. The highest BCUT2D eigenvalue weighted by Crippen LogP contribution is 2.34. The number of hydrogen-bond donors (Lipinski definition) is 2. The monoisotopic (exact) mass is 393 g/mol. The molecule has 0 saturated heterocycles. The Kier molecular flexibility index (Phi) is 4.52. The molecule has 0 aliphatic carbocycles. The Morgan fingerprint density at radius 1 is 1.25 bits per heavy atom. The number of nitrogens with zero attached hydrogens (tertiary/aromatic N) is 2. The number of carbonyl (C=O) groups excluding carboxylic acids is 1. The summed E-state index contributed by atoms with van der Waals surface area (Å²) in [4.78, 5) is 17.8. The van der Waals surface area contributed by atoms with E-state index >= 15 is 0 Å². The summed E-state index contributed by atoms with van der Waals surface area (Å²) in [6.07, 6.45) is 0. The first-order chi connectivity index (χ1) is 13.4. The molecule has 0 amide bonds. The van der Waals surface area contributed by atoms with Gasteiger partial charge in [-0.2, -0.15) is 0 Å². The molecule has 0 atom stereocenters. The van der Waals surface area contributed by atoms with Gasteiger partial charge in [0.1, 0.15) is 22.4 Å². The number of halogens is 1. The first-order valence-electron chi connectivity index (χ1n) is 8.55. The minimum atomic E-state index is -0.319. The minimum Gasteiger partial charge on any atom is -0.510 e. The molecule has 2 aromatic carbocycles. The summed E-state index contributed by atoms with van der Waals surface area (Å²) >= 11 is 1.31. The van der Waals surface area contributed by atoms with Crippen LogP contribution in [0.15, 0.2) is 59.7 Å². The normalized spacial score (nSPS) is 14.1. The van der Waals surface area contributed by atoms with Gasteiger partial charge in [0.25, 0.3) is 0 Å². The van der Waals surface area contributed by atoms with Crippen LogP contribution in [0, 0.1) is 11.2 Å². The highest BCUT2D eigenvalue weighted by Gasteiger charge is 2.31. The molecule has 3 aromatic rings. The van der Waals surface area contributed by atoms with E-state index in [0.29, 0.717) is 27.5 Å². The third-order valence-electron chi connectivity index (χ3n) is 4.53. The lowest BCUT2D eigenvalue weighted by Crippen LogP contribution is -2.26.